The van der Waals surface area contributed by atoms with Crippen molar-refractivity contribution in [1.29, 1.82) is 0 Å². The first-order chi connectivity index (χ1) is 13.2. The molecule has 7 heteroatoms. The third kappa shape index (κ3) is 3.39. The maximum atomic E-state index is 6.13. The summed E-state index contributed by atoms with van der Waals surface area (Å²) in [7, 11) is 3.20. The number of halogens is 1. The molecule has 0 amide bonds. The molecule has 0 fully saturated rings. The number of anilines is 2. The smallest absolute Gasteiger partial charge is 0.245 e. The van der Waals surface area contributed by atoms with Crippen molar-refractivity contribution >= 4 is 28.8 Å². The van der Waals surface area contributed by atoms with Crippen molar-refractivity contribution in [2.24, 2.45) is 0 Å². The fraction of sp³-hybridized carbons (Fsp3) is 0.100. The third-order valence-corrected chi connectivity index (χ3v) is 4.39. The predicted octanol–water partition coefficient (Wildman–Crippen LogP) is 4.81. The average molecular weight is 381 g/mol. The Morgan fingerprint density at radius 1 is 0.963 bits per heavy atom. The monoisotopic (exact) mass is 380 g/mol. The fourth-order valence-electron chi connectivity index (χ4n) is 2.87. The topological polar surface area (TPSA) is 60.7 Å². The van der Waals surface area contributed by atoms with E-state index in [0.717, 1.165) is 22.5 Å². The van der Waals surface area contributed by atoms with E-state index in [0.29, 0.717) is 22.5 Å². The highest BCUT2D eigenvalue weighted by Crippen LogP contribution is 2.31. The van der Waals surface area contributed by atoms with Crippen LogP contribution in [0.3, 0.4) is 0 Å². The molecule has 2 aromatic heterocycles. The number of hydrogen-bond donors (Lipinski definition) is 1. The molecule has 0 spiro atoms. The SMILES string of the molecule is COc1ccc(Nc2ncc3ccc(-c4cccc(Cl)c4)n3n2)cc1OC. The summed E-state index contributed by atoms with van der Waals surface area (Å²) in [5, 5.41) is 8.49. The van der Waals surface area contributed by atoms with Crippen molar-refractivity contribution in [3.8, 4) is 22.8 Å². The summed E-state index contributed by atoms with van der Waals surface area (Å²) in [6, 6.07) is 17.2. The molecule has 0 unspecified atom stereocenters. The molecular weight excluding hydrogens is 364 g/mol. The minimum atomic E-state index is 0.467. The molecule has 2 heterocycles. The molecule has 0 aliphatic heterocycles. The molecular formula is C20H17ClN4O2. The van der Waals surface area contributed by atoms with Gasteiger partial charge in [-0.05, 0) is 36.4 Å². The van der Waals surface area contributed by atoms with Crippen LogP contribution in [0.2, 0.25) is 5.02 Å². The molecule has 2 aromatic carbocycles. The number of fused-ring (bicyclic) bond motifs is 1. The van der Waals surface area contributed by atoms with E-state index in [1.165, 1.54) is 0 Å². The van der Waals surface area contributed by atoms with Gasteiger partial charge in [0.05, 0.1) is 31.6 Å². The van der Waals surface area contributed by atoms with Crippen LogP contribution in [0.4, 0.5) is 11.6 Å². The van der Waals surface area contributed by atoms with Crippen molar-refractivity contribution in [3.63, 3.8) is 0 Å². The second-order valence-corrected chi connectivity index (χ2v) is 6.28. The van der Waals surface area contributed by atoms with Crippen molar-refractivity contribution in [1.82, 2.24) is 14.6 Å². The summed E-state index contributed by atoms with van der Waals surface area (Å²) in [4.78, 5) is 4.38. The van der Waals surface area contributed by atoms with Gasteiger partial charge < -0.3 is 14.8 Å². The van der Waals surface area contributed by atoms with Crippen LogP contribution in [0.1, 0.15) is 0 Å². The standard InChI is InChI=1S/C20H17ClN4O2/c1-26-18-9-6-15(11-19(18)27-2)23-20-22-12-16-7-8-17(25(16)24-20)13-4-3-5-14(21)10-13/h3-12H,1-2H3,(H,23,24). The van der Waals surface area contributed by atoms with Gasteiger partial charge >= 0.3 is 0 Å². The van der Waals surface area contributed by atoms with Crippen LogP contribution in [0.5, 0.6) is 11.5 Å². The van der Waals surface area contributed by atoms with E-state index in [9.17, 15) is 0 Å². The summed E-state index contributed by atoms with van der Waals surface area (Å²) in [5.41, 5.74) is 3.61. The third-order valence-electron chi connectivity index (χ3n) is 4.16. The van der Waals surface area contributed by atoms with Gasteiger partial charge in [-0.15, -0.1) is 5.10 Å². The van der Waals surface area contributed by atoms with Gasteiger partial charge in [-0.1, -0.05) is 23.7 Å². The van der Waals surface area contributed by atoms with Crippen LogP contribution < -0.4 is 14.8 Å². The zero-order valence-corrected chi connectivity index (χ0v) is 15.6. The molecule has 0 aliphatic rings. The summed E-state index contributed by atoms with van der Waals surface area (Å²) >= 11 is 6.13. The first-order valence-corrected chi connectivity index (χ1v) is 8.65. The van der Waals surface area contributed by atoms with Gasteiger partial charge in [-0.25, -0.2) is 9.50 Å². The number of rotatable bonds is 5. The summed E-state index contributed by atoms with van der Waals surface area (Å²) in [6.07, 6.45) is 1.77. The molecule has 6 nitrogen and oxygen atoms in total. The lowest BCUT2D eigenvalue weighted by Crippen LogP contribution is -2.03. The Hall–Kier alpha value is -3.25. The molecule has 0 radical (unpaired) electrons. The normalized spacial score (nSPS) is 10.8. The van der Waals surface area contributed by atoms with Gasteiger partial charge in [0.2, 0.25) is 5.95 Å². The number of nitrogens with zero attached hydrogens (tertiary/aromatic N) is 3. The van der Waals surface area contributed by atoms with E-state index < -0.39 is 0 Å². The van der Waals surface area contributed by atoms with E-state index in [2.05, 4.69) is 15.4 Å². The summed E-state index contributed by atoms with van der Waals surface area (Å²) in [6.45, 7) is 0. The van der Waals surface area contributed by atoms with E-state index in [4.69, 9.17) is 21.1 Å². The molecule has 0 saturated heterocycles. The van der Waals surface area contributed by atoms with E-state index in [1.807, 2.05) is 59.1 Å². The largest absolute Gasteiger partial charge is 0.493 e. The maximum Gasteiger partial charge on any atom is 0.245 e. The van der Waals surface area contributed by atoms with Crippen LogP contribution in [0.15, 0.2) is 60.8 Å². The Bertz CT molecular complexity index is 1110. The fourth-order valence-corrected chi connectivity index (χ4v) is 3.06. The van der Waals surface area contributed by atoms with E-state index in [-0.39, 0.29) is 0 Å². The molecule has 0 bridgehead atoms. The Labute approximate surface area is 161 Å². The van der Waals surface area contributed by atoms with E-state index >= 15 is 0 Å². The zero-order chi connectivity index (χ0) is 18.8. The van der Waals surface area contributed by atoms with E-state index in [1.54, 1.807) is 20.4 Å². The van der Waals surface area contributed by atoms with Gasteiger partial charge in [0.15, 0.2) is 11.5 Å². The number of aromatic nitrogens is 3. The lowest BCUT2D eigenvalue weighted by Gasteiger charge is -2.11. The molecule has 27 heavy (non-hydrogen) atoms. The predicted molar refractivity (Wildman–Crippen MR) is 106 cm³/mol. The Balaban J connectivity index is 1.70. The highest BCUT2D eigenvalue weighted by atomic mass is 35.5. The first-order valence-electron chi connectivity index (χ1n) is 8.28. The van der Waals surface area contributed by atoms with Gasteiger partial charge in [0, 0.05) is 22.3 Å². The van der Waals surface area contributed by atoms with Crippen LogP contribution in [0.25, 0.3) is 16.8 Å². The quantitative estimate of drug-likeness (QED) is 0.538. The molecule has 1 N–H and O–H groups in total. The van der Waals surface area contributed by atoms with Crippen molar-refractivity contribution in [2.75, 3.05) is 19.5 Å². The van der Waals surface area contributed by atoms with Crippen LogP contribution in [0, 0.1) is 0 Å². The number of ether oxygens (including phenoxy) is 2. The van der Waals surface area contributed by atoms with Gasteiger partial charge in [-0.3, -0.25) is 0 Å². The van der Waals surface area contributed by atoms with Crippen molar-refractivity contribution < 1.29 is 9.47 Å². The second-order valence-electron chi connectivity index (χ2n) is 5.84. The highest BCUT2D eigenvalue weighted by molar-refractivity contribution is 6.30. The molecule has 0 aliphatic carbocycles. The van der Waals surface area contributed by atoms with Crippen LogP contribution >= 0.6 is 11.6 Å². The minimum absolute atomic E-state index is 0.467. The molecule has 4 aromatic rings. The summed E-state index contributed by atoms with van der Waals surface area (Å²) in [5.74, 6) is 1.76. The Kier molecular flexibility index (Phi) is 4.56. The van der Waals surface area contributed by atoms with Crippen molar-refractivity contribution in [2.45, 2.75) is 0 Å². The zero-order valence-electron chi connectivity index (χ0n) is 14.8. The highest BCUT2D eigenvalue weighted by Gasteiger charge is 2.10. The number of methoxy groups -OCH3 is 2. The molecule has 4 rings (SSSR count). The maximum absolute atomic E-state index is 6.13. The van der Waals surface area contributed by atoms with Gasteiger partial charge in [0.1, 0.15) is 0 Å². The number of benzene rings is 2. The molecule has 136 valence electrons. The lowest BCUT2D eigenvalue weighted by atomic mass is 10.2. The minimum Gasteiger partial charge on any atom is -0.493 e. The van der Waals surface area contributed by atoms with Gasteiger partial charge in [-0.2, -0.15) is 0 Å². The van der Waals surface area contributed by atoms with Crippen LogP contribution in [-0.4, -0.2) is 28.8 Å². The number of hydrogen-bond acceptors (Lipinski definition) is 5. The Morgan fingerprint density at radius 3 is 2.59 bits per heavy atom. The first kappa shape index (κ1) is 17.2. The van der Waals surface area contributed by atoms with Gasteiger partial charge in [0.25, 0.3) is 0 Å². The summed E-state index contributed by atoms with van der Waals surface area (Å²) < 4.78 is 12.4. The molecule has 0 saturated carbocycles. The Morgan fingerprint density at radius 2 is 1.81 bits per heavy atom. The average Bonchev–Trinajstić information content (AvgIpc) is 3.11. The second kappa shape index (κ2) is 7.17. The molecule has 0 atom stereocenters. The lowest BCUT2D eigenvalue weighted by molar-refractivity contribution is 0.355. The van der Waals surface area contributed by atoms with Crippen LogP contribution in [-0.2, 0) is 0 Å². The van der Waals surface area contributed by atoms with Crippen molar-refractivity contribution in [3.05, 3.63) is 65.8 Å². The number of nitrogens with one attached hydrogen (secondary N) is 1.